The number of carbonyl (C=O) groups is 1. The first-order valence-corrected chi connectivity index (χ1v) is 7.93. The second-order valence-corrected chi connectivity index (χ2v) is 6.57. The van der Waals surface area contributed by atoms with Crippen LogP contribution in [0, 0.1) is 6.92 Å². The molecule has 110 valence electrons. The minimum Gasteiger partial charge on any atom is -0.478 e. The number of sulfonamides is 1. The van der Waals surface area contributed by atoms with E-state index in [1.807, 2.05) is 0 Å². The van der Waals surface area contributed by atoms with E-state index < -0.39 is 16.0 Å². The van der Waals surface area contributed by atoms with E-state index in [4.69, 9.17) is 5.11 Å². The summed E-state index contributed by atoms with van der Waals surface area (Å²) < 4.78 is 27.2. The summed E-state index contributed by atoms with van der Waals surface area (Å²) >= 11 is 3.16. The maximum atomic E-state index is 12.3. The van der Waals surface area contributed by atoms with Crippen molar-refractivity contribution in [2.75, 3.05) is 4.72 Å². The predicted octanol–water partition coefficient (Wildman–Crippen LogP) is 2.05. The van der Waals surface area contributed by atoms with Gasteiger partial charge in [0.25, 0.3) is 10.0 Å². The van der Waals surface area contributed by atoms with Crippen LogP contribution in [0.2, 0.25) is 0 Å². The number of halogens is 1. The smallest absolute Gasteiger partial charge is 0.335 e. The van der Waals surface area contributed by atoms with Crippen LogP contribution in [0.3, 0.4) is 0 Å². The van der Waals surface area contributed by atoms with Gasteiger partial charge in [0.2, 0.25) is 0 Å². The number of aromatic carboxylic acids is 1. The molecule has 0 saturated heterocycles. The van der Waals surface area contributed by atoms with Crippen molar-refractivity contribution in [2.24, 2.45) is 0 Å². The van der Waals surface area contributed by atoms with E-state index in [1.54, 1.807) is 6.92 Å². The number of nitrogens with one attached hydrogen (secondary N) is 1. The third-order valence-corrected chi connectivity index (χ3v) is 5.26. The molecule has 1 aromatic heterocycles. The van der Waals surface area contributed by atoms with Crippen molar-refractivity contribution in [1.29, 1.82) is 0 Å². The van der Waals surface area contributed by atoms with Crippen LogP contribution in [0.25, 0.3) is 0 Å². The fourth-order valence-corrected chi connectivity index (χ4v) is 3.65. The van der Waals surface area contributed by atoms with Gasteiger partial charge in [-0.1, -0.05) is 0 Å². The van der Waals surface area contributed by atoms with Gasteiger partial charge in [-0.2, -0.15) is 5.10 Å². The lowest BCUT2D eigenvalue weighted by atomic mass is 10.1. The summed E-state index contributed by atoms with van der Waals surface area (Å²) in [6.07, 6.45) is 1.41. The highest BCUT2D eigenvalue weighted by Crippen LogP contribution is 2.28. The molecule has 21 heavy (non-hydrogen) atoms. The first-order chi connectivity index (χ1) is 9.81. The van der Waals surface area contributed by atoms with Crippen LogP contribution in [0.15, 0.2) is 39.8 Å². The maximum absolute atomic E-state index is 12.3. The topological polar surface area (TPSA) is 109 Å². The number of rotatable bonds is 4. The molecular formula is C12H10BrN3O4S. The lowest BCUT2D eigenvalue weighted by Crippen LogP contribution is -2.16. The predicted molar refractivity (Wildman–Crippen MR) is 78.7 cm³/mol. The summed E-state index contributed by atoms with van der Waals surface area (Å²) in [5.74, 6) is -1.16. The molecule has 0 amide bonds. The second kappa shape index (κ2) is 5.78. The van der Waals surface area contributed by atoms with Crippen LogP contribution >= 0.6 is 15.9 Å². The molecular weight excluding hydrogens is 362 g/mol. The SMILES string of the molecule is Cc1cc(C(=O)O)cc(S(=O)(=O)Nc2cccnn2)c1Br. The molecule has 0 radical (unpaired) electrons. The molecule has 0 aliphatic heterocycles. The average molecular weight is 372 g/mol. The van der Waals surface area contributed by atoms with Crippen LogP contribution < -0.4 is 4.72 Å². The van der Waals surface area contributed by atoms with Crippen LogP contribution in [-0.2, 0) is 10.0 Å². The highest BCUT2D eigenvalue weighted by Gasteiger charge is 2.22. The molecule has 7 nitrogen and oxygen atoms in total. The van der Waals surface area contributed by atoms with Crippen LogP contribution in [0.1, 0.15) is 15.9 Å². The Morgan fingerprint density at radius 2 is 2.10 bits per heavy atom. The molecule has 9 heteroatoms. The molecule has 1 aromatic carbocycles. The zero-order chi connectivity index (χ0) is 15.6. The maximum Gasteiger partial charge on any atom is 0.335 e. The largest absolute Gasteiger partial charge is 0.478 e. The van der Waals surface area contributed by atoms with E-state index in [9.17, 15) is 13.2 Å². The lowest BCUT2D eigenvalue weighted by molar-refractivity contribution is 0.0696. The highest BCUT2D eigenvalue weighted by atomic mass is 79.9. The molecule has 0 spiro atoms. The number of carboxylic acids is 1. The molecule has 0 unspecified atom stereocenters. The minimum atomic E-state index is -3.99. The van der Waals surface area contributed by atoms with Gasteiger partial charge in [-0.3, -0.25) is 4.72 Å². The summed E-state index contributed by atoms with van der Waals surface area (Å²) in [7, 11) is -3.99. The van der Waals surface area contributed by atoms with E-state index in [2.05, 4.69) is 30.8 Å². The molecule has 2 rings (SSSR count). The number of aryl methyl sites for hydroxylation is 1. The fraction of sp³-hybridized carbons (Fsp3) is 0.0833. The molecule has 0 aliphatic carbocycles. The van der Waals surface area contributed by atoms with Crippen molar-refractivity contribution < 1.29 is 18.3 Å². The Morgan fingerprint density at radius 1 is 1.38 bits per heavy atom. The zero-order valence-corrected chi connectivity index (χ0v) is 13.1. The van der Waals surface area contributed by atoms with E-state index in [0.29, 0.717) is 10.0 Å². The van der Waals surface area contributed by atoms with Gasteiger partial charge in [0.15, 0.2) is 5.82 Å². The summed E-state index contributed by atoms with van der Waals surface area (Å²) in [4.78, 5) is 10.9. The normalized spacial score (nSPS) is 11.1. The second-order valence-electron chi connectivity index (χ2n) is 4.12. The zero-order valence-electron chi connectivity index (χ0n) is 10.7. The van der Waals surface area contributed by atoms with E-state index >= 15 is 0 Å². The molecule has 0 bridgehead atoms. The van der Waals surface area contributed by atoms with Crippen molar-refractivity contribution in [3.63, 3.8) is 0 Å². The van der Waals surface area contributed by atoms with Crippen molar-refractivity contribution in [3.05, 3.63) is 46.1 Å². The Hall–Kier alpha value is -2.00. The van der Waals surface area contributed by atoms with Crippen LogP contribution in [0.4, 0.5) is 5.82 Å². The van der Waals surface area contributed by atoms with E-state index in [-0.39, 0.29) is 16.3 Å². The molecule has 0 saturated carbocycles. The van der Waals surface area contributed by atoms with Gasteiger partial charge in [0.05, 0.1) is 5.56 Å². The summed E-state index contributed by atoms with van der Waals surface area (Å²) in [5, 5.41) is 16.2. The van der Waals surface area contributed by atoms with Crippen molar-refractivity contribution >= 4 is 37.7 Å². The first kappa shape index (κ1) is 15.4. The van der Waals surface area contributed by atoms with Gasteiger partial charge >= 0.3 is 5.97 Å². The molecule has 1 heterocycles. The number of aromatic nitrogens is 2. The van der Waals surface area contributed by atoms with E-state index in [1.165, 1.54) is 24.4 Å². The van der Waals surface area contributed by atoms with Crippen molar-refractivity contribution in [2.45, 2.75) is 11.8 Å². The van der Waals surface area contributed by atoms with Crippen LogP contribution in [0.5, 0.6) is 0 Å². The Morgan fingerprint density at radius 3 is 2.67 bits per heavy atom. The molecule has 0 atom stereocenters. The Kier molecular flexibility index (Phi) is 4.24. The number of anilines is 1. The molecule has 2 aromatic rings. The molecule has 2 N–H and O–H groups in total. The standard InChI is InChI=1S/C12H10BrN3O4S/c1-7-5-8(12(17)18)6-9(11(7)13)21(19,20)16-10-3-2-4-14-15-10/h2-6H,1H3,(H,15,16)(H,17,18). The number of nitrogens with zero attached hydrogens (tertiary/aromatic N) is 2. The average Bonchev–Trinajstić information content (AvgIpc) is 2.41. The van der Waals surface area contributed by atoms with Gasteiger partial charge in [0, 0.05) is 10.7 Å². The number of hydrogen-bond donors (Lipinski definition) is 2. The quantitative estimate of drug-likeness (QED) is 0.850. The van der Waals surface area contributed by atoms with Gasteiger partial charge in [-0.05, 0) is 52.7 Å². The summed E-state index contributed by atoms with van der Waals surface area (Å²) in [5.41, 5.74) is 0.379. The van der Waals surface area contributed by atoms with Crippen molar-refractivity contribution in [1.82, 2.24) is 10.2 Å². The third kappa shape index (κ3) is 3.37. The Labute approximate surface area is 129 Å². The number of benzene rings is 1. The van der Waals surface area contributed by atoms with Gasteiger partial charge < -0.3 is 5.11 Å². The lowest BCUT2D eigenvalue weighted by Gasteiger charge is -2.11. The minimum absolute atomic E-state index is 0.0442. The number of hydrogen-bond acceptors (Lipinski definition) is 5. The summed E-state index contributed by atoms with van der Waals surface area (Å²) in [6.45, 7) is 1.61. The first-order valence-electron chi connectivity index (χ1n) is 5.65. The Balaban J connectivity index is 2.52. The van der Waals surface area contributed by atoms with Gasteiger partial charge in [0.1, 0.15) is 4.90 Å². The highest BCUT2D eigenvalue weighted by molar-refractivity contribution is 9.10. The third-order valence-electron chi connectivity index (χ3n) is 2.57. The Bertz CT molecular complexity index is 794. The molecule has 0 fully saturated rings. The van der Waals surface area contributed by atoms with Gasteiger partial charge in [-0.15, -0.1) is 5.10 Å². The molecule has 0 aliphatic rings. The monoisotopic (exact) mass is 371 g/mol. The van der Waals surface area contributed by atoms with Crippen LogP contribution in [-0.4, -0.2) is 29.7 Å². The number of carboxylic acid groups (broad SMARTS) is 1. The fourth-order valence-electron chi connectivity index (χ4n) is 1.60. The van der Waals surface area contributed by atoms with Gasteiger partial charge in [-0.25, -0.2) is 13.2 Å². The van der Waals surface area contributed by atoms with E-state index in [0.717, 1.165) is 6.07 Å². The van der Waals surface area contributed by atoms with Crippen molar-refractivity contribution in [3.8, 4) is 0 Å². The summed E-state index contributed by atoms with van der Waals surface area (Å²) in [6, 6.07) is 5.43.